The van der Waals surface area contributed by atoms with Gasteiger partial charge in [0.25, 0.3) is 0 Å². The first-order valence-electron chi connectivity index (χ1n) is 7.94. The molecule has 0 aliphatic carbocycles. The Morgan fingerprint density at radius 1 is 0.905 bits per heavy atom. The average molecular weight is 295 g/mol. The molecular formula is C17H29NO3. The molecule has 0 radical (unpaired) electrons. The third-order valence-electron chi connectivity index (χ3n) is 3.24. The number of hydrogen-bond acceptors (Lipinski definition) is 4. The molecule has 4 heteroatoms. The molecule has 1 atom stereocenters. The van der Waals surface area contributed by atoms with Crippen molar-refractivity contribution in [1.29, 1.82) is 0 Å². The topological polar surface area (TPSA) is 39.7 Å². The summed E-state index contributed by atoms with van der Waals surface area (Å²) in [6.07, 6.45) is 1.10. The van der Waals surface area contributed by atoms with Crippen molar-refractivity contribution in [2.75, 3.05) is 19.8 Å². The van der Waals surface area contributed by atoms with E-state index in [4.69, 9.17) is 14.2 Å². The summed E-state index contributed by atoms with van der Waals surface area (Å²) in [4.78, 5) is 0. The van der Waals surface area contributed by atoms with Crippen LogP contribution in [-0.2, 0) is 6.54 Å². The Bertz CT molecular complexity index is 393. The number of ether oxygens (including phenoxy) is 3. The van der Waals surface area contributed by atoms with Gasteiger partial charge in [-0.25, -0.2) is 0 Å². The quantitative estimate of drug-likeness (QED) is 0.713. The van der Waals surface area contributed by atoms with Crippen molar-refractivity contribution < 1.29 is 14.2 Å². The van der Waals surface area contributed by atoms with E-state index < -0.39 is 0 Å². The lowest BCUT2D eigenvalue weighted by atomic mass is 10.1. The normalized spacial score (nSPS) is 12.0. The van der Waals surface area contributed by atoms with Gasteiger partial charge in [-0.05, 0) is 51.8 Å². The van der Waals surface area contributed by atoms with E-state index in [2.05, 4.69) is 19.2 Å². The van der Waals surface area contributed by atoms with Crippen LogP contribution in [0.15, 0.2) is 12.1 Å². The van der Waals surface area contributed by atoms with Gasteiger partial charge >= 0.3 is 0 Å². The molecule has 1 aromatic carbocycles. The van der Waals surface area contributed by atoms with Gasteiger partial charge in [0.1, 0.15) is 0 Å². The van der Waals surface area contributed by atoms with Crippen LogP contribution >= 0.6 is 0 Å². The molecule has 0 spiro atoms. The van der Waals surface area contributed by atoms with E-state index >= 15 is 0 Å². The van der Waals surface area contributed by atoms with Crippen LogP contribution in [0.25, 0.3) is 0 Å². The summed E-state index contributed by atoms with van der Waals surface area (Å²) < 4.78 is 17.1. The maximum absolute atomic E-state index is 5.72. The predicted octanol–water partition coefficient (Wildman–Crippen LogP) is 3.77. The van der Waals surface area contributed by atoms with E-state index in [0.29, 0.717) is 31.6 Å². The fourth-order valence-corrected chi connectivity index (χ4v) is 1.98. The number of nitrogens with one attached hydrogen (secondary N) is 1. The van der Waals surface area contributed by atoms with Crippen LogP contribution in [0.5, 0.6) is 17.2 Å². The monoisotopic (exact) mass is 295 g/mol. The molecule has 1 aromatic rings. The fraction of sp³-hybridized carbons (Fsp3) is 0.647. The minimum absolute atomic E-state index is 0.489. The summed E-state index contributed by atoms with van der Waals surface area (Å²) in [6.45, 7) is 12.9. The third-order valence-corrected chi connectivity index (χ3v) is 3.24. The highest BCUT2D eigenvalue weighted by molar-refractivity contribution is 5.54. The first-order chi connectivity index (χ1) is 10.2. The molecule has 0 aliphatic rings. The van der Waals surface area contributed by atoms with Gasteiger partial charge in [-0.1, -0.05) is 6.92 Å². The molecule has 0 amide bonds. The third kappa shape index (κ3) is 5.46. The Morgan fingerprint density at radius 3 is 1.86 bits per heavy atom. The van der Waals surface area contributed by atoms with Gasteiger partial charge in [-0.3, -0.25) is 0 Å². The van der Waals surface area contributed by atoms with Crippen LogP contribution < -0.4 is 19.5 Å². The van der Waals surface area contributed by atoms with Crippen LogP contribution in [0.1, 0.15) is 46.6 Å². The van der Waals surface area contributed by atoms with Gasteiger partial charge in [0, 0.05) is 12.6 Å². The summed E-state index contributed by atoms with van der Waals surface area (Å²) in [5, 5.41) is 3.49. The number of benzene rings is 1. The van der Waals surface area contributed by atoms with E-state index in [0.717, 1.165) is 30.0 Å². The molecule has 21 heavy (non-hydrogen) atoms. The average Bonchev–Trinajstić information content (AvgIpc) is 2.48. The summed E-state index contributed by atoms with van der Waals surface area (Å²) in [5.41, 5.74) is 1.14. The largest absolute Gasteiger partial charge is 0.490 e. The van der Waals surface area contributed by atoms with E-state index in [1.807, 2.05) is 32.9 Å². The van der Waals surface area contributed by atoms with Crippen molar-refractivity contribution in [3.8, 4) is 17.2 Å². The van der Waals surface area contributed by atoms with Crippen molar-refractivity contribution in [3.63, 3.8) is 0 Å². The van der Waals surface area contributed by atoms with Crippen LogP contribution in [-0.4, -0.2) is 25.9 Å². The van der Waals surface area contributed by atoms with E-state index in [1.54, 1.807) is 0 Å². The van der Waals surface area contributed by atoms with Crippen LogP contribution in [0.4, 0.5) is 0 Å². The highest BCUT2D eigenvalue weighted by atomic mass is 16.5. The lowest BCUT2D eigenvalue weighted by Gasteiger charge is -2.18. The first kappa shape index (κ1) is 17.6. The summed E-state index contributed by atoms with van der Waals surface area (Å²) in [6, 6.07) is 4.56. The Kier molecular flexibility index (Phi) is 7.98. The van der Waals surface area contributed by atoms with Gasteiger partial charge in [0.05, 0.1) is 19.8 Å². The molecule has 4 nitrogen and oxygen atoms in total. The van der Waals surface area contributed by atoms with Crippen LogP contribution in [0, 0.1) is 0 Å². The highest BCUT2D eigenvalue weighted by Crippen LogP contribution is 2.39. The van der Waals surface area contributed by atoms with E-state index in [1.165, 1.54) is 0 Å². The van der Waals surface area contributed by atoms with E-state index in [9.17, 15) is 0 Å². The zero-order valence-electron chi connectivity index (χ0n) is 14.0. The molecule has 0 heterocycles. The standard InChI is InChI=1S/C17H29NO3/c1-6-13(5)18-12-14-10-15(19-7-2)17(21-9-4)16(11-14)20-8-3/h10-11,13,18H,6-9,12H2,1-5H3. The second-order valence-electron chi connectivity index (χ2n) is 4.91. The fourth-order valence-electron chi connectivity index (χ4n) is 1.98. The molecule has 0 saturated carbocycles. The van der Waals surface area contributed by atoms with Crippen LogP contribution in [0.3, 0.4) is 0 Å². The van der Waals surface area contributed by atoms with Crippen molar-refractivity contribution in [3.05, 3.63) is 17.7 Å². The minimum atomic E-state index is 0.489. The van der Waals surface area contributed by atoms with Gasteiger partial charge in [0.15, 0.2) is 11.5 Å². The molecule has 0 aromatic heterocycles. The Hall–Kier alpha value is -1.42. The maximum Gasteiger partial charge on any atom is 0.203 e. The van der Waals surface area contributed by atoms with Gasteiger partial charge < -0.3 is 19.5 Å². The SMILES string of the molecule is CCOc1cc(CNC(C)CC)cc(OCC)c1OCC. The van der Waals surface area contributed by atoms with Crippen molar-refractivity contribution in [2.24, 2.45) is 0 Å². The Balaban J connectivity index is 3.03. The highest BCUT2D eigenvalue weighted by Gasteiger charge is 2.15. The van der Waals surface area contributed by atoms with Crippen molar-refractivity contribution >= 4 is 0 Å². The van der Waals surface area contributed by atoms with Crippen molar-refractivity contribution in [1.82, 2.24) is 5.32 Å². The maximum atomic E-state index is 5.72. The van der Waals surface area contributed by atoms with Gasteiger partial charge in [-0.2, -0.15) is 0 Å². The summed E-state index contributed by atoms with van der Waals surface area (Å²) in [5.74, 6) is 2.21. The minimum Gasteiger partial charge on any atom is -0.490 e. The molecule has 120 valence electrons. The number of hydrogen-bond donors (Lipinski definition) is 1. The first-order valence-corrected chi connectivity index (χ1v) is 7.94. The molecule has 0 saturated heterocycles. The molecule has 1 rings (SSSR count). The van der Waals surface area contributed by atoms with Crippen LogP contribution in [0.2, 0.25) is 0 Å². The zero-order chi connectivity index (χ0) is 15.7. The van der Waals surface area contributed by atoms with Gasteiger partial charge in [0.2, 0.25) is 5.75 Å². The predicted molar refractivity (Wildman–Crippen MR) is 86.5 cm³/mol. The van der Waals surface area contributed by atoms with E-state index in [-0.39, 0.29) is 0 Å². The summed E-state index contributed by atoms with van der Waals surface area (Å²) >= 11 is 0. The molecule has 1 unspecified atom stereocenters. The van der Waals surface area contributed by atoms with Crippen molar-refractivity contribution in [2.45, 2.75) is 53.6 Å². The number of rotatable bonds is 10. The lowest BCUT2D eigenvalue weighted by molar-refractivity contribution is 0.260. The smallest absolute Gasteiger partial charge is 0.203 e. The summed E-state index contributed by atoms with van der Waals surface area (Å²) in [7, 11) is 0. The Labute approximate surface area is 128 Å². The molecule has 0 bridgehead atoms. The molecule has 1 N–H and O–H groups in total. The molecular weight excluding hydrogens is 266 g/mol. The lowest BCUT2D eigenvalue weighted by Crippen LogP contribution is -2.24. The second-order valence-corrected chi connectivity index (χ2v) is 4.91. The second kappa shape index (κ2) is 9.50. The molecule has 0 aliphatic heterocycles. The van der Waals surface area contributed by atoms with Gasteiger partial charge in [-0.15, -0.1) is 0 Å². The Morgan fingerprint density at radius 2 is 1.43 bits per heavy atom. The molecule has 0 fully saturated rings. The zero-order valence-corrected chi connectivity index (χ0v) is 14.0.